The number of hydrogen-bond acceptors (Lipinski definition) is 3. The Labute approximate surface area is 134 Å². The van der Waals surface area contributed by atoms with E-state index in [1.54, 1.807) is 37.3 Å². The molecule has 1 atom stereocenters. The van der Waals surface area contributed by atoms with Gasteiger partial charge >= 0.3 is 0 Å². The molecular weight excluding hydrogens is 319 g/mol. The smallest absolute Gasteiger partial charge is 0.254 e. The maximum atomic E-state index is 13.6. The summed E-state index contributed by atoms with van der Waals surface area (Å²) in [6.45, 7) is 1.70. The highest BCUT2D eigenvalue weighted by Gasteiger charge is 2.17. The molecule has 0 spiro atoms. The van der Waals surface area contributed by atoms with Gasteiger partial charge in [-0.3, -0.25) is 9.52 Å². The summed E-state index contributed by atoms with van der Waals surface area (Å²) in [4.78, 5) is 12.2. The zero-order valence-electron chi connectivity index (χ0n) is 12.7. The van der Waals surface area contributed by atoms with Crippen LogP contribution in [0.2, 0.25) is 0 Å². The van der Waals surface area contributed by atoms with Gasteiger partial charge in [0.1, 0.15) is 5.82 Å². The van der Waals surface area contributed by atoms with Crippen LogP contribution in [0, 0.1) is 5.82 Å². The number of hydrogen-bond donors (Lipinski definition) is 2. The second-order valence-corrected chi connectivity index (χ2v) is 6.88. The molecule has 1 unspecified atom stereocenters. The fourth-order valence-electron chi connectivity index (χ4n) is 2.16. The molecular formula is C16H17FN2O3S. The van der Waals surface area contributed by atoms with Crippen molar-refractivity contribution in [1.29, 1.82) is 0 Å². The molecule has 0 aromatic heterocycles. The summed E-state index contributed by atoms with van der Waals surface area (Å²) < 4.78 is 38.9. The van der Waals surface area contributed by atoms with Gasteiger partial charge in [0, 0.05) is 0 Å². The number of nitrogens with one attached hydrogen (secondary N) is 2. The van der Waals surface area contributed by atoms with Gasteiger partial charge in [0.05, 0.1) is 23.5 Å². The maximum absolute atomic E-state index is 13.6. The third kappa shape index (κ3) is 4.53. The van der Waals surface area contributed by atoms with E-state index in [2.05, 4.69) is 10.0 Å². The van der Waals surface area contributed by atoms with Crippen molar-refractivity contribution < 1.29 is 17.6 Å². The van der Waals surface area contributed by atoms with Crippen LogP contribution in [0.1, 0.15) is 28.9 Å². The van der Waals surface area contributed by atoms with Crippen molar-refractivity contribution in [1.82, 2.24) is 5.32 Å². The van der Waals surface area contributed by atoms with Gasteiger partial charge in [0.15, 0.2) is 0 Å². The minimum atomic E-state index is -3.44. The summed E-state index contributed by atoms with van der Waals surface area (Å²) in [5.74, 6) is -1.18. The van der Waals surface area contributed by atoms with Gasteiger partial charge in [-0.2, -0.15) is 0 Å². The van der Waals surface area contributed by atoms with E-state index in [4.69, 9.17) is 0 Å². The van der Waals surface area contributed by atoms with Crippen molar-refractivity contribution in [3.05, 3.63) is 65.5 Å². The van der Waals surface area contributed by atoms with Crippen molar-refractivity contribution in [2.75, 3.05) is 11.0 Å². The largest absolute Gasteiger partial charge is 0.345 e. The minimum absolute atomic E-state index is 0.0621. The Morgan fingerprint density at radius 2 is 1.70 bits per heavy atom. The van der Waals surface area contributed by atoms with E-state index in [1.807, 2.05) is 0 Å². The molecule has 0 aliphatic rings. The molecule has 0 fully saturated rings. The Hall–Kier alpha value is -2.41. The van der Waals surface area contributed by atoms with Gasteiger partial charge in [-0.25, -0.2) is 12.8 Å². The zero-order chi connectivity index (χ0) is 17.0. The number of rotatable bonds is 5. The molecule has 5 nitrogen and oxygen atoms in total. The summed E-state index contributed by atoms with van der Waals surface area (Å²) in [5.41, 5.74) is 0.895. The fraction of sp³-hybridized carbons (Fsp3) is 0.188. The Bertz CT molecular complexity index is 822. The third-order valence-corrected chi connectivity index (χ3v) is 3.78. The van der Waals surface area contributed by atoms with Crippen molar-refractivity contribution in [3.63, 3.8) is 0 Å². The number of sulfonamides is 1. The molecule has 122 valence electrons. The van der Waals surface area contributed by atoms with E-state index in [1.165, 1.54) is 18.2 Å². The van der Waals surface area contributed by atoms with Crippen LogP contribution in [0.15, 0.2) is 48.5 Å². The Balaban J connectivity index is 2.23. The van der Waals surface area contributed by atoms with E-state index in [-0.39, 0.29) is 5.56 Å². The van der Waals surface area contributed by atoms with Crippen molar-refractivity contribution >= 4 is 21.6 Å². The SMILES string of the molecule is CC(NC(=O)c1ccccc1F)c1ccccc1NS(C)(=O)=O. The molecule has 0 aliphatic carbocycles. The van der Waals surface area contributed by atoms with Gasteiger partial charge in [-0.05, 0) is 30.7 Å². The first-order chi connectivity index (χ1) is 10.8. The van der Waals surface area contributed by atoms with E-state index in [9.17, 15) is 17.6 Å². The zero-order valence-corrected chi connectivity index (χ0v) is 13.5. The highest BCUT2D eigenvalue weighted by Crippen LogP contribution is 2.23. The molecule has 1 amide bonds. The summed E-state index contributed by atoms with van der Waals surface area (Å²) in [7, 11) is -3.44. The monoisotopic (exact) mass is 336 g/mol. The number of anilines is 1. The topological polar surface area (TPSA) is 75.3 Å². The number of carbonyl (C=O) groups excluding carboxylic acids is 1. The summed E-state index contributed by atoms with van der Waals surface area (Å²) in [6.07, 6.45) is 1.05. The predicted molar refractivity (Wildman–Crippen MR) is 87.2 cm³/mol. The highest BCUT2D eigenvalue weighted by atomic mass is 32.2. The van der Waals surface area contributed by atoms with Gasteiger partial charge in [-0.1, -0.05) is 30.3 Å². The van der Waals surface area contributed by atoms with Crippen LogP contribution in [0.3, 0.4) is 0 Å². The van der Waals surface area contributed by atoms with Crippen LogP contribution < -0.4 is 10.0 Å². The Kier molecular flexibility index (Phi) is 5.00. The summed E-state index contributed by atoms with van der Waals surface area (Å²) in [6, 6.07) is 11.9. The van der Waals surface area contributed by atoms with Crippen LogP contribution in [-0.4, -0.2) is 20.6 Å². The molecule has 0 radical (unpaired) electrons. The quantitative estimate of drug-likeness (QED) is 0.881. The van der Waals surface area contributed by atoms with Gasteiger partial charge < -0.3 is 5.32 Å². The van der Waals surface area contributed by atoms with Crippen LogP contribution in [0.4, 0.5) is 10.1 Å². The highest BCUT2D eigenvalue weighted by molar-refractivity contribution is 7.92. The lowest BCUT2D eigenvalue weighted by atomic mass is 10.1. The van der Waals surface area contributed by atoms with Gasteiger partial charge in [-0.15, -0.1) is 0 Å². The lowest BCUT2D eigenvalue weighted by Crippen LogP contribution is -2.28. The molecule has 0 aliphatic heterocycles. The summed E-state index contributed by atoms with van der Waals surface area (Å²) >= 11 is 0. The molecule has 0 bridgehead atoms. The average molecular weight is 336 g/mol. The second-order valence-electron chi connectivity index (χ2n) is 5.14. The molecule has 2 N–H and O–H groups in total. The molecule has 2 aromatic rings. The predicted octanol–water partition coefficient (Wildman–Crippen LogP) is 2.69. The second kappa shape index (κ2) is 6.78. The Morgan fingerprint density at radius 3 is 2.35 bits per heavy atom. The van der Waals surface area contributed by atoms with E-state index >= 15 is 0 Å². The van der Waals surface area contributed by atoms with Gasteiger partial charge in [0.2, 0.25) is 10.0 Å². The Morgan fingerprint density at radius 1 is 1.09 bits per heavy atom. The van der Waals surface area contributed by atoms with E-state index < -0.39 is 27.8 Å². The number of benzene rings is 2. The lowest BCUT2D eigenvalue weighted by Gasteiger charge is -2.18. The molecule has 2 aromatic carbocycles. The number of para-hydroxylation sites is 1. The van der Waals surface area contributed by atoms with E-state index in [0.717, 1.165) is 6.26 Å². The molecule has 2 rings (SSSR count). The molecule has 7 heteroatoms. The molecule has 23 heavy (non-hydrogen) atoms. The van der Waals surface area contributed by atoms with Crippen LogP contribution in [0.25, 0.3) is 0 Å². The molecule has 0 heterocycles. The maximum Gasteiger partial charge on any atom is 0.254 e. The molecule has 0 saturated carbocycles. The van der Waals surface area contributed by atoms with Crippen LogP contribution in [0.5, 0.6) is 0 Å². The average Bonchev–Trinajstić information content (AvgIpc) is 2.46. The number of carbonyl (C=O) groups is 1. The van der Waals surface area contributed by atoms with E-state index in [0.29, 0.717) is 11.3 Å². The standard InChI is InChI=1S/C16H17FN2O3S/c1-11(18-16(20)13-8-3-5-9-14(13)17)12-7-4-6-10-15(12)19-23(2,21)22/h3-11,19H,1-2H3,(H,18,20). The van der Waals surface area contributed by atoms with Crippen LogP contribution in [-0.2, 0) is 10.0 Å². The molecule has 0 saturated heterocycles. The first-order valence-electron chi connectivity index (χ1n) is 6.90. The first kappa shape index (κ1) is 17.0. The van der Waals surface area contributed by atoms with Crippen LogP contribution >= 0.6 is 0 Å². The normalized spacial score (nSPS) is 12.5. The first-order valence-corrected chi connectivity index (χ1v) is 8.79. The van der Waals surface area contributed by atoms with Crippen molar-refractivity contribution in [3.8, 4) is 0 Å². The third-order valence-electron chi connectivity index (χ3n) is 3.19. The number of amides is 1. The minimum Gasteiger partial charge on any atom is -0.345 e. The lowest BCUT2D eigenvalue weighted by molar-refractivity contribution is 0.0936. The van der Waals surface area contributed by atoms with Crippen molar-refractivity contribution in [2.24, 2.45) is 0 Å². The summed E-state index contributed by atoms with van der Waals surface area (Å²) in [5, 5.41) is 2.67. The number of halogens is 1. The van der Waals surface area contributed by atoms with Crippen molar-refractivity contribution in [2.45, 2.75) is 13.0 Å². The fourth-order valence-corrected chi connectivity index (χ4v) is 2.75. The van der Waals surface area contributed by atoms with Gasteiger partial charge in [0.25, 0.3) is 5.91 Å².